The van der Waals surface area contributed by atoms with Crippen LogP contribution in [0.15, 0.2) is 36.4 Å². The van der Waals surface area contributed by atoms with Crippen LogP contribution in [0.5, 0.6) is 0 Å². The van der Waals surface area contributed by atoms with E-state index in [-0.39, 0.29) is 17.7 Å². The number of nitrogen functional groups attached to an aromatic ring is 1. The third-order valence-electron chi connectivity index (χ3n) is 4.32. The minimum absolute atomic E-state index is 0.189. The standard InChI is InChI=1S/C19H22N4O3S/c20-13-5-1-2-6-14(13)22-19(26)16-9-8-15(27-16)18(25)21-10-4-12-23-11-3-7-17(23)24/h1-2,5-6,8-9H,3-4,7,10-12,20H2,(H,21,25)(H,22,26). The van der Waals surface area contributed by atoms with Crippen molar-refractivity contribution in [2.24, 2.45) is 0 Å². The van der Waals surface area contributed by atoms with Crippen LogP contribution in [0.25, 0.3) is 0 Å². The first-order valence-corrected chi connectivity index (χ1v) is 9.68. The lowest BCUT2D eigenvalue weighted by atomic mass is 10.2. The van der Waals surface area contributed by atoms with Crippen molar-refractivity contribution in [3.63, 3.8) is 0 Å². The average molecular weight is 386 g/mol. The topological polar surface area (TPSA) is 105 Å². The van der Waals surface area contributed by atoms with Gasteiger partial charge in [0.1, 0.15) is 0 Å². The Bertz CT molecular complexity index is 849. The van der Waals surface area contributed by atoms with Crippen LogP contribution in [0, 0.1) is 0 Å². The lowest BCUT2D eigenvalue weighted by Gasteiger charge is -2.15. The molecule has 1 fully saturated rings. The van der Waals surface area contributed by atoms with Gasteiger partial charge in [-0.15, -0.1) is 11.3 Å². The van der Waals surface area contributed by atoms with E-state index in [0.29, 0.717) is 47.1 Å². The van der Waals surface area contributed by atoms with Crippen LogP contribution < -0.4 is 16.4 Å². The van der Waals surface area contributed by atoms with Gasteiger partial charge in [-0.3, -0.25) is 14.4 Å². The Balaban J connectivity index is 1.47. The van der Waals surface area contributed by atoms with E-state index in [0.717, 1.165) is 24.3 Å². The number of nitrogens with one attached hydrogen (secondary N) is 2. The number of rotatable bonds is 7. The monoisotopic (exact) mass is 386 g/mol. The molecular weight excluding hydrogens is 364 g/mol. The molecule has 2 heterocycles. The number of anilines is 2. The number of likely N-dealkylation sites (tertiary alicyclic amines) is 1. The molecule has 0 bridgehead atoms. The maximum absolute atomic E-state index is 12.3. The second-order valence-corrected chi connectivity index (χ2v) is 7.38. The van der Waals surface area contributed by atoms with Crippen LogP contribution in [0.2, 0.25) is 0 Å². The van der Waals surface area contributed by atoms with Crippen molar-refractivity contribution in [3.05, 3.63) is 46.2 Å². The number of hydrogen-bond acceptors (Lipinski definition) is 5. The summed E-state index contributed by atoms with van der Waals surface area (Å²) in [7, 11) is 0. The van der Waals surface area contributed by atoms with Gasteiger partial charge in [-0.1, -0.05) is 12.1 Å². The molecule has 4 N–H and O–H groups in total. The minimum Gasteiger partial charge on any atom is -0.397 e. The molecule has 0 unspecified atom stereocenters. The molecule has 2 aromatic rings. The van der Waals surface area contributed by atoms with Gasteiger partial charge >= 0.3 is 0 Å². The fraction of sp³-hybridized carbons (Fsp3) is 0.316. The maximum Gasteiger partial charge on any atom is 0.265 e. The van der Waals surface area contributed by atoms with Crippen molar-refractivity contribution in [1.29, 1.82) is 0 Å². The number of hydrogen-bond donors (Lipinski definition) is 3. The Labute approximate surface area is 161 Å². The molecule has 0 spiro atoms. The lowest BCUT2D eigenvalue weighted by molar-refractivity contribution is -0.127. The second kappa shape index (κ2) is 8.68. The van der Waals surface area contributed by atoms with Gasteiger partial charge in [0.25, 0.3) is 11.8 Å². The molecule has 0 aliphatic carbocycles. The molecular formula is C19H22N4O3S. The quantitative estimate of drug-likeness (QED) is 0.502. The predicted molar refractivity (Wildman–Crippen MR) is 106 cm³/mol. The Morgan fingerprint density at radius 1 is 1.11 bits per heavy atom. The number of carbonyl (C=O) groups excluding carboxylic acids is 3. The largest absolute Gasteiger partial charge is 0.397 e. The summed E-state index contributed by atoms with van der Waals surface area (Å²) in [5.74, 6) is -0.329. The van der Waals surface area contributed by atoms with Gasteiger partial charge in [0.15, 0.2) is 0 Å². The van der Waals surface area contributed by atoms with E-state index in [1.54, 1.807) is 36.4 Å². The minimum atomic E-state index is -0.301. The highest BCUT2D eigenvalue weighted by Crippen LogP contribution is 2.21. The molecule has 0 radical (unpaired) electrons. The number of thiophene rings is 1. The van der Waals surface area contributed by atoms with Crippen molar-refractivity contribution < 1.29 is 14.4 Å². The number of nitrogens with zero attached hydrogens (tertiary/aromatic N) is 1. The molecule has 3 rings (SSSR count). The van der Waals surface area contributed by atoms with Crippen molar-refractivity contribution in [3.8, 4) is 0 Å². The van der Waals surface area contributed by atoms with Gasteiger partial charge in [-0.05, 0) is 37.1 Å². The fourth-order valence-electron chi connectivity index (χ4n) is 2.88. The summed E-state index contributed by atoms with van der Waals surface area (Å²) in [6.07, 6.45) is 2.25. The van der Waals surface area contributed by atoms with E-state index in [1.165, 1.54) is 0 Å². The predicted octanol–water partition coefficient (Wildman–Crippen LogP) is 2.32. The van der Waals surface area contributed by atoms with E-state index in [1.807, 2.05) is 4.90 Å². The summed E-state index contributed by atoms with van der Waals surface area (Å²) in [4.78, 5) is 38.8. The Kier molecular flexibility index (Phi) is 6.08. The lowest BCUT2D eigenvalue weighted by Crippen LogP contribution is -2.30. The van der Waals surface area contributed by atoms with Gasteiger partial charge in [0, 0.05) is 26.1 Å². The first kappa shape index (κ1) is 18.9. The summed E-state index contributed by atoms with van der Waals surface area (Å²) in [6, 6.07) is 10.3. The molecule has 27 heavy (non-hydrogen) atoms. The molecule has 0 saturated carbocycles. The third-order valence-corrected chi connectivity index (χ3v) is 5.41. The summed E-state index contributed by atoms with van der Waals surface area (Å²) in [5.41, 5.74) is 6.85. The number of nitrogens with two attached hydrogens (primary N) is 1. The van der Waals surface area contributed by atoms with E-state index in [9.17, 15) is 14.4 Å². The first-order chi connectivity index (χ1) is 13.0. The second-order valence-electron chi connectivity index (χ2n) is 6.30. The van der Waals surface area contributed by atoms with Crippen LogP contribution in [-0.4, -0.2) is 42.3 Å². The van der Waals surface area contributed by atoms with Crippen molar-refractivity contribution in [2.45, 2.75) is 19.3 Å². The fourth-order valence-corrected chi connectivity index (χ4v) is 3.69. The van der Waals surface area contributed by atoms with Crippen molar-refractivity contribution in [1.82, 2.24) is 10.2 Å². The number of para-hydroxylation sites is 2. The van der Waals surface area contributed by atoms with Crippen LogP contribution in [0.4, 0.5) is 11.4 Å². The maximum atomic E-state index is 12.3. The molecule has 1 aromatic carbocycles. The smallest absolute Gasteiger partial charge is 0.265 e. The van der Waals surface area contributed by atoms with Crippen LogP contribution in [0.1, 0.15) is 38.6 Å². The SMILES string of the molecule is Nc1ccccc1NC(=O)c1ccc(C(=O)NCCCN2CCCC2=O)s1. The third kappa shape index (κ3) is 4.85. The van der Waals surface area contributed by atoms with Gasteiger partial charge in [0.05, 0.1) is 21.1 Å². The molecule has 0 atom stereocenters. The van der Waals surface area contributed by atoms with Crippen molar-refractivity contribution in [2.75, 3.05) is 30.7 Å². The zero-order valence-electron chi connectivity index (χ0n) is 14.9. The summed E-state index contributed by atoms with van der Waals surface area (Å²) in [5, 5.41) is 5.57. The molecule has 3 amide bonds. The molecule has 1 aliphatic rings. The van der Waals surface area contributed by atoms with Crippen LogP contribution in [0.3, 0.4) is 0 Å². The van der Waals surface area contributed by atoms with Gasteiger partial charge in [-0.2, -0.15) is 0 Å². The average Bonchev–Trinajstić information content (AvgIpc) is 3.30. The highest BCUT2D eigenvalue weighted by Gasteiger charge is 2.19. The summed E-state index contributed by atoms with van der Waals surface area (Å²) >= 11 is 1.13. The van der Waals surface area contributed by atoms with Gasteiger partial charge in [0.2, 0.25) is 5.91 Å². The van der Waals surface area contributed by atoms with E-state index in [2.05, 4.69) is 10.6 Å². The molecule has 142 valence electrons. The number of amides is 3. The number of benzene rings is 1. The first-order valence-electron chi connectivity index (χ1n) is 8.86. The molecule has 8 heteroatoms. The van der Waals surface area contributed by atoms with Gasteiger partial charge < -0.3 is 21.3 Å². The molecule has 1 aliphatic heterocycles. The molecule has 1 aromatic heterocycles. The van der Waals surface area contributed by atoms with Crippen LogP contribution >= 0.6 is 11.3 Å². The Morgan fingerprint density at radius 2 is 1.85 bits per heavy atom. The Hall–Kier alpha value is -2.87. The van der Waals surface area contributed by atoms with Crippen molar-refractivity contribution >= 4 is 40.4 Å². The highest BCUT2D eigenvalue weighted by atomic mass is 32.1. The van der Waals surface area contributed by atoms with E-state index >= 15 is 0 Å². The Morgan fingerprint density at radius 3 is 2.56 bits per heavy atom. The van der Waals surface area contributed by atoms with Crippen LogP contribution in [-0.2, 0) is 4.79 Å². The number of carbonyl (C=O) groups is 3. The zero-order chi connectivity index (χ0) is 19.2. The molecule has 1 saturated heterocycles. The summed E-state index contributed by atoms with van der Waals surface area (Å²) < 4.78 is 0. The van der Waals surface area contributed by atoms with Gasteiger partial charge in [-0.25, -0.2) is 0 Å². The van der Waals surface area contributed by atoms with E-state index < -0.39 is 0 Å². The summed E-state index contributed by atoms with van der Waals surface area (Å²) in [6.45, 7) is 1.96. The normalized spacial score (nSPS) is 13.6. The molecule has 7 nitrogen and oxygen atoms in total. The zero-order valence-corrected chi connectivity index (χ0v) is 15.7. The highest BCUT2D eigenvalue weighted by molar-refractivity contribution is 7.16. The van der Waals surface area contributed by atoms with E-state index in [4.69, 9.17) is 5.73 Å².